The molecular weight excluding hydrogens is 198 g/mol. The van der Waals surface area contributed by atoms with Crippen LogP contribution in [0.4, 0.5) is 0 Å². The first-order chi connectivity index (χ1) is 7.11. The van der Waals surface area contributed by atoms with E-state index in [9.17, 15) is 9.59 Å². The van der Waals surface area contributed by atoms with Gasteiger partial charge in [-0.1, -0.05) is 0 Å². The van der Waals surface area contributed by atoms with Crippen LogP contribution in [0.1, 0.15) is 27.2 Å². The Hall–Kier alpha value is -1.10. The van der Waals surface area contributed by atoms with Crippen molar-refractivity contribution in [2.75, 3.05) is 19.8 Å². The zero-order chi connectivity index (χ0) is 11.7. The maximum absolute atomic E-state index is 11.1. The molecule has 0 aromatic heterocycles. The quantitative estimate of drug-likeness (QED) is 0.628. The van der Waals surface area contributed by atoms with Crippen LogP contribution < -0.4 is 5.32 Å². The van der Waals surface area contributed by atoms with Gasteiger partial charge in [0, 0.05) is 6.54 Å². The predicted molar refractivity (Wildman–Crippen MR) is 55.3 cm³/mol. The van der Waals surface area contributed by atoms with Gasteiger partial charge < -0.3 is 14.8 Å². The zero-order valence-electron chi connectivity index (χ0n) is 9.54. The minimum Gasteiger partial charge on any atom is -0.466 e. The molecule has 1 N–H and O–H groups in total. The minimum absolute atomic E-state index is 0.261. The van der Waals surface area contributed by atoms with Crippen LogP contribution in [0, 0.1) is 0 Å². The Labute approximate surface area is 90.1 Å². The smallest absolute Gasteiger partial charge is 0.322 e. The van der Waals surface area contributed by atoms with Crippen molar-refractivity contribution in [2.45, 2.75) is 33.2 Å². The monoisotopic (exact) mass is 217 g/mol. The summed E-state index contributed by atoms with van der Waals surface area (Å²) in [6, 6.07) is -0.389. The van der Waals surface area contributed by atoms with Crippen LogP contribution in [0.5, 0.6) is 0 Å². The molecule has 0 radical (unpaired) electrons. The lowest BCUT2D eigenvalue weighted by molar-refractivity contribution is -0.146. The summed E-state index contributed by atoms with van der Waals surface area (Å²) in [6.07, 6.45) is 0.261. The molecule has 88 valence electrons. The maximum atomic E-state index is 11.1. The summed E-state index contributed by atoms with van der Waals surface area (Å²) < 4.78 is 9.53. The van der Waals surface area contributed by atoms with Crippen molar-refractivity contribution < 1.29 is 19.1 Å². The molecule has 1 unspecified atom stereocenters. The van der Waals surface area contributed by atoms with Gasteiger partial charge in [0.2, 0.25) is 0 Å². The number of carbonyl (C=O) groups excluding carboxylic acids is 2. The Morgan fingerprint density at radius 1 is 1.20 bits per heavy atom. The largest absolute Gasteiger partial charge is 0.466 e. The predicted octanol–water partition coefficient (Wildman–Crippen LogP) is 0.481. The Kier molecular flexibility index (Phi) is 7.62. The second-order valence-corrected chi connectivity index (χ2v) is 2.98. The fourth-order valence-corrected chi connectivity index (χ4v) is 0.974. The molecule has 0 amide bonds. The SMILES string of the molecule is CCOC(=O)CCNC(C)C(=O)OCC. The average Bonchev–Trinajstić information content (AvgIpc) is 2.18. The maximum Gasteiger partial charge on any atom is 0.322 e. The third kappa shape index (κ3) is 6.90. The van der Waals surface area contributed by atoms with Gasteiger partial charge in [0.1, 0.15) is 6.04 Å². The number of ether oxygens (including phenoxy) is 2. The molecule has 1 atom stereocenters. The molecule has 15 heavy (non-hydrogen) atoms. The summed E-state index contributed by atoms with van der Waals surface area (Å²) in [5, 5.41) is 2.88. The van der Waals surface area contributed by atoms with Crippen molar-refractivity contribution in [2.24, 2.45) is 0 Å². The van der Waals surface area contributed by atoms with E-state index in [-0.39, 0.29) is 24.4 Å². The number of rotatable bonds is 7. The van der Waals surface area contributed by atoms with Crippen molar-refractivity contribution in [3.63, 3.8) is 0 Å². The fraction of sp³-hybridized carbons (Fsp3) is 0.800. The van der Waals surface area contributed by atoms with Gasteiger partial charge in [0.15, 0.2) is 0 Å². The van der Waals surface area contributed by atoms with Crippen LogP contribution in [0.15, 0.2) is 0 Å². The van der Waals surface area contributed by atoms with E-state index >= 15 is 0 Å². The van der Waals surface area contributed by atoms with Crippen LogP contribution in [-0.2, 0) is 19.1 Å². The summed E-state index contributed by atoms with van der Waals surface area (Å²) in [5.74, 6) is -0.567. The molecule has 0 saturated carbocycles. The fourth-order valence-electron chi connectivity index (χ4n) is 0.974. The third-order valence-corrected chi connectivity index (χ3v) is 1.73. The zero-order valence-corrected chi connectivity index (χ0v) is 9.54. The lowest BCUT2D eigenvalue weighted by atomic mass is 10.3. The number of nitrogens with one attached hydrogen (secondary N) is 1. The molecule has 0 aliphatic heterocycles. The molecule has 5 heteroatoms. The number of carbonyl (C=O) groups is 2. The van der Waals surface area contributed by atoms with Gasteiger partial charge >= 0.3 is 11.9 Å². The summed E-state index contributed by atoms with van der Waals surface area (Å²) in [6.45, 7) is 6.37. The third-order valence-electron chi connectivity index (χ3n) is 1.73. The molecule has 0 bridgehead atoms. The first-order valence-electron chi connectivity index (χ1n) is 5.17. The Morgan fingerprint density at radius 2 is 1.80 bits per heavy atom. The van der Waals surface area contributed by atoms with E-state index in [0.29, 0.717) is 19.8 Å². The van der Waals surface area contributed by atoms with Crippen LogP contribution in [-0.4, -0.2) is 37.7 Å². The van der Waals surface area contributed by atoms with E-state index in [2.05, 4.69) is 5.32 Å². The standard InChI is InChI=1S/C10H19NO4/c1-4-14-9(12)6-7-11-8(3)10(13)15-5-2/h8,11H,4-7H2,1-3H3. The Balaban J connectivity index is 3.58. The molecule has 0 fully saturated rings. The first kappa shape index (κ1) is 13.9. The van der Waals surface area contributed by atoms with E-state index in [4.69, 9.17) is 9.47 Å². The topological polar surface area (TPSA) is 64.6 Å². The van der Waals surface area contributed by atoms with Crippen molar-refractivity contribution in [1.82, 2.24) is 5.32 Å². The minimum atomic E-state index is -0.389. The normalized spacial score (nSPS) is 11.9. The Morgan fingerprint density at radius 3 is 2.33 bits per heavy atom. The number of hydrogen-bond donors (Lipinski definition) is 1. The van der Waals surface area contributed by atoms with E-state index in [1.807, 2.05) is 0 Å². The molecule has 0 spiro atoms. The van der Waals surface area contributed by atoms with E-state index in [0.717, 1.165) is 0 Å². The number of esters is 2. The molecular formula is C10H19NO4. The van der Waals surface area contributed by atoms with E-state index in [1.54, 1.807) is 20.8 Å². The van der Waals surface area contributed by atoms with Gasteiger partial charge in [-0.05, 0) is 20.8 Å². The average molecular weight is 217 g/mol. The van der Waals surface area contributed by atoms with Crippen LogP contribution >= 0.6 is 0 Å². The van der Waals surface area contributed by atoms with E-state index in [1.165, 1.54) is 0 Å². The second kappa shape index (κ2) is 8.23. The lowest BCUT2D eigenvalue weighted by Gasteiger charge is -2.11. The molecule has 0 aromatic carbocycles. The molecule has 0 aromatic rings. The first-order valence-corrected chi connectivity index (χ1v) is 5.17. The van der Waals surface area contributed by atoms with Gasteiger partial charge in [-0.3, -0.25) is 9.59 Å². The Bertz CT molecular complexity index is 206. The molecule has 5 nitrogen and oxygen atoms in total. The van der Waals surface area contributed by atoms with Crippen LogP contribution in [0.25, 0.3) is 0 Å². The van der Waals surface area contributed by atoms with Crippen LogP contribution in [0.3, 0.4) is 0 Å². The molecule has 0 aliphatic carbocycles. The number of hydrogen-bond acceptors (Lipinski definition) is 5. The van der Waals surface area contributed by atoms with Crippen molar-refractivity contribution in [3.8, 4) is 0 Å². The van der Waals surface area contributed by atoms with Crippen molar-refractivity contribution in [3.05, 3.63) is 0 Å². The van der Waals surface area contributed by atoms with E-state index < -0.39 is 0 Å². The molecule has 0 rings (SSSR count). The summed E-state index contributed by atoms with van der Waals surface area (Å²) in [4.78, 5) is 22.1. The van der Waals surface area contributed by atoms with Gasteiger partial charge in [0.05, 0.1) is 19.6 Å². The highest BCUT2D eigenvalue weighted by atomic mass is 16.5. The van der Waals surface area contributed by atoms with Gasteiger partial charge in [-0.25, -0.2) is 0 Å². The van der Waals surface area contributed by atoms with Gasteiger partial charge in [-0.2, -0.15) is 0 Å². The molecule has 0 aliphatic rings. The van der Waals surface area contributed by atoms with Crippen molar-refractivity contribution >= 4 is 11.9 Å². The molecule has 0 saturated heterocycles. The van der Waals surface area contributed by atoms with Gasteiger partial charge in [0.25, 0.3) is 0 Å². The highest BCUT2D eigenvalue weighted by molar-refractivity contribution is 5.75. The molecule has 0 heterocycles. The summed E-state index contributed by atoms with van der Waals surface area (Å²) in [7, 11) is 0. The highest BCUT2D eigenvalue weighted by Gasteiger charge is 2.13. The summed E-state index contributed by atoms with van der Waals surface area (Å²) in [5.41, 5.74) is 0. The van der Waals surface area contributed by atoms with Crippen LogP contribution in [0.2, 0.25) is 0 Å². The highest BCUT2D eigenvalue weighted by Crippen LogP contribution is 1.90. The second-order valence-electron chi connectivity index (χ2n) is 2.98. The van der Waals surface area contributed by atoms with Gasteiger partial charge in [-0.15, -0.1) is 0 Å². The summed E-state index contributed by atoms with van der Waals surface area (Å²) >= 11 is 0. The lowest BCUT2D eigenvalue weighted by Crippen LogP contribution is -2.36. The van der Waals surface area contributed by atoms with Crippen molar-refractivity contribution in [1.29, 1.82) is 0 Å².